The van der Waals surface area contributed by atoms with Crippen LogP contribution >= 0.6 is 0 Å². The van der Waals surface area contributed by atoms with E-state index in [1.165, 1.54) is 0 Å². The number of carbonyl (C=O) groups is 1. The first-order valence-corrected chi connectivity index (χ1v) is 5.81. The topological polar surface area (TPSA) is 57.5 Å². The van der Waals surface area contributed by atoms with E-state index in [2.05, 4.69) is 0 Å². The average Bonchev–Trinajstić information content (AvgIpc) is 2.18. The first-order chi connectivity index (χ1) is 7.79. The number of rotatable bonds is 5. The molecule has 0 saturated heterocycles. The maximum atomic E-state index is 11.2. The van der Waals surface area contributed by atoms with Crippen molar-refractivity contribution >= 4 is 5.97 Å². The van der Waals surface area contributed by atoms with E-state index in [9.17, 15) is 15.0 Å². The van der Waals surface area contributed by atoms with Gasteiger partial charge in [-0.2, -0.15) is 0 Å². The second-order valence-corrected chi connectivity index (χ2v) is 5.15. The summed E-state index contributed by atoms with van der Waals surface area (Å²) in [7, 11) is 0. The second-order valence-electron chi connectivity index (χ2n) is 5.15. The van der Waals surface area contributed by atoms with Gasteiger partial charge in [0.05, 0.1) is 11.5 Å². The molecule has 0 amide bonds. The Hall–Kier alpha value is -1.35. The van der Waals surface area contributed by atoms with Crippen LogP contribution in [-0.4, -0.2) is 21.8 Å². The van der Waals surface area contributed by atoms with Crippen LogP contribution in [0.3, 0.4) is 0 Å². The predicted molar refractivity (Wildman–Crippen MR) is 67.1 cm³/mol. The maximum absolute atomic E-state index is 11.2. The predicted octanol–water partition coefficient (Wildman–Crippen LogP) is 2.71. The van der Waals surface area contributed by atoms with Crippen LogP contribution in [0.1, 0.15) is 43.7 Å². The summed E-state index contributed by atoms with van der Waals surface area (Å²) in [5.74, 6) is -1.37. The zero-order valence-electron chi connectivity index (χ0n) is 10.6. The molecule has 94 valence electrons. The fourth-order valence-electron chi connectivity index (χ4n) is 1.73. The molecule has 0 aliphatic rings. The quantitative estimate of drug-likeness (QED) is 0.826. The summed E-state index contributed by atoms with van der Waals surface area (Å²) >= 11 is 0. The molecule has 0 bridgehead atoms. The molecule has 0 aliphatic heterocycles. The Balaban J connectivity index is 2.79. The van der Waals surface area contributed by atoms with Gasteiger partial charge in [0.1, 0.15) is 0 Å². The van der Waals surface area contributed by atoms with E-state index < -0.39 is 17.5 Å². The lowest BCUT2D eigenvalue weighted by Crippen LogP contribution is -2.21. The minimum Gasteiger partial charge on any atom is -0.481 e. The van der Waals surface area contributed by atoms with Crippen LogP contribution in [0, 0.1) is 6.92 Å². The number of carboxylic acids is 1. The number of aliphatic carboxylic acids is 1. The number of aliphatic hydroxyl groups is 1. The maximum Gasteiger partial charge on any atom is 0.310 e. The molecule has 0 aromatic heterocycles. The smallest absolute Gasteiger partial charge is 0.310 e. The average molecular weight is 236 g/mol. The molecule has 3 nitrogen and oxygen atoms in total. The van der Waals surface area contributed by atoms with Crippen molar-refractivity contribution in [2.24, 2.45) is 0 Å². The molecule has 17 heavy (non-hydrogen) atoms. The van der Waals surface area contributed by atoms with Gasteiger partial charge in [-0.3, -0.25) is 4.79 Å². The Morgan fingerprint density at radius 3 is 2.24 bits per heavy atom. The number of aryl methyl sites for hydroxylation is 1. The summed E-state index contributed by atoms with van der Waals surface area (Å²) in [5, 5.41) is 18.9. The highest BCUT2D eigenvalue weighted by Gasteiger charge is 2.23. The van der Waals surface area contributed by atoms with Crippen molar-refractivity contribution in [3.05, 3.63) is 35.4 Å². The molecule has 0 fully saturated rings. The van der Waals surface area contributed by atoms with Crippen molar-refractivity contribution in [3.8, 4) is 0 Å². The second kappa shape index (κ2) is 5.32. The van der Waals surface area contributed by atoms with E-state index in [0.29, 0.717) is 12.8 Å². The highest BCUT2D eigenvalue weighted by molar-refractivity contribution is 5.76. The Morgan fingerprint density at radius 2 is 1.82 bits per heavy atom. The van der Waals surface area contributed by atoms with Crippen LogP contribution < -0.4 is 0 Å². The molecular formula is C14H20O3. The monoisotopic (exact) mass is 236 g/mol. The SMILES string of the molecule is Cc1ccc(C(CCC(C)(C)O)C(=O)O)cc1. The largest absolute Gasteiger partial charge is 0.481 e. The standard InChI is InChI=1S/C14H20O3/c1-10-4-6-11(7-5-10)12(13(15)16)8-9-14(2,3)17/h4-7,12,17H,8-9H2,1-3H3,(H,15,16). The summed E-state index contributed by atoms with van der Waals surface area (Å²) < 4.78 is 0. The van der Waals surface area contributed by atoms with Crippen LogP contribution in [0.15, 0.2) is 24.3 Å². The molecule has 0 radical (unpaired) electrons. The highest BCUT2D eigenvalue weighted by atomic mass is 16.4. The van der Waals surface area contributed by atoms with Gasteiger partial charge in [0.15, 0.2) is 0 Å². The minimum absolute atomic E-state index is 0.446. The lowest BCUT2D eigenvalue weighted by atomic mass is 9.89. The van der Waals surface area contributed by atoms with Gasteiger partial charge in [-0.25, -0.2) is 0 Å². The van der Waals surface area contributed by atoms with Crippen LogP contribution in [0.25, 0.3) is 0 Å². The van der Waals surface area contributed by atoms with Gasteiger partial charge in [-0.15, -0.1) is 0 Å². The van der Waals surface area contributed by atoms with E-state index in [1.807, 2.05) is 31.2 Å². The summed E-state index contributed by atoms with van der Waals surface area (Å²) in [5.41, 5.74) is 1.09. The fourth-order valence-corrected chi connectivity index (χ4v) is 1.73. The Bertz CT molecular complexity index is 373. The number of carboxylic acid groups (broad SMARTS) is 1. The highest BCUT2D eigenvalue weighted by Crippen LogP contribution is 2.25. The van der Waals surface area contributed by atoms with Crippen molar-refractivity contribution in [2.75, 3.05) is 0 Å². The van der Waals surface area contributed by atoms with Crippen molar-refractivity contribution in [2.45, 2.75) is 45.1 Å². The minimum atomic E-state index is -0.835. The zero-order chi connectivity index (χ0) is 13.1. The summed E-state index contributed by atoms with van der Waals surface area (Å²) in [6.45, 7) is 5.36. The molecule has 1 atom stereocenters. The van der Waals surface area contributed by atoms with Crippen LogP contribution in [0.4, 0.5) is 0 Å². The van der Waals surface area contributed by atoms with E-state index in [4.69, 9.17) is 0 Å². The van der Waals surface area contributed by atoms with Crippen molar-refractivity contribution in [3.63, 3.8) is 0 Å². The molecule has 2 N–H and O–H groups in total. The molecule has 0 spiro atoms. The first kappa shape index (κ1) is 13.7. The molecule has 1 aromatic carbocycles. The van der Waals surface area contributed by atoms with Crippen molar-refractivity contribution in [1.29, 1.82) is 0 Å². The first-order valence-electron chi connectivity index (χ1n) is 5.81. The summed E-state index contributed by atoms with van der Waals surface area (Å²) in [6, 6.07) is 7.52. The molecule has 3 heteroatoms. The number of hydrogen-bond donors (Lipinski definition) is 2. The lowest BCUT2D eigenvalue weighted by Gasteiger charge is -2.20. The van der Waals surface area contributed by atoms with Gasteiger partial charge in [-0.1, -0.05) is 29.8 Å². The van der Waals surface area contributed by atoms with E-state index >= 15 is 0 Å². The van der Waals surface area contributed by atoms with Crippen molar-refractivity contribution < 1.29 is 15.0 Å². The Kier molecular flexibility index (Phi) is 4.29. The van der Waals surface area contributed by atoms with Crippen LogP contribution in [0.2, 0.25) is 0 Å². The van der Waals surface area contributed by atoms with E-state index in [1.54, 1.807) is 13.8 Å². The van der Waals surface area contributed by atoms with Gasteiger partial charge in [-0.05, 0) is 39.2 Å². The normalized spacial score (nSPS) is 13.4. The third-order valence-electron chi connectivity index (χ3n) is 2.82. The molecule has 1 rings (SSSR count). The molecular weight excluding hydrogens is 216 g/mol. The Morgan fingerprint density at radius 1 is 1.29 bits per heavy atom. The summed E-state index contributed by atoms with van der Waals surface area (Å²) in [4.78, 5) is 11.2. The van der Waals surface area contributed by atoms with Crippen LogP contribution in [0.5, 0.6) is 0 Å². The lowest BCUT2D eigenvalue weighted by molar-refractivity contribution is -0.139. The zero-order valence-corrected chi connectivity index (χ0v) is 10.6. The Labute approximate surface area is 102 Å². The van der Waals surface area contributed by atoms with Gasteiger partial charge >= 0.3 is 5.97 Å². The molecule has 0 heterocycles. The van der Waals surface area contributed by atoms with Crippen LogP contribution in [-0.2, 0) is 4.79 Å². The number of benzene rings is 1. The van der Waals surface area contributed by atoms with Crippen molar-refractivity contribution in [1.82, 2.24) is 0 Å². The molecule has 1 aromatic rings. The molecule has 0 aliphatic carbocycles. The van der Waals surface area contributed by atoms with E-state index in [-0.39, 0.29) is 0 Å². The van der Waals surface area contributed by atoms with Gasteiger partial charge in [0, 0.05) is 0 Å². The fraction of sp³-hybridized carbons (Fsp3) is 0.500. The molecule has 1 unspecified atom stereocenters. The number of hydrogen-bond acceptors (Lipinski definition) is 2. The third-order valence-corrected chi connectivity index (χ3v) is 2.82. The van der Waals surface area contributed by atoms with Gasteiger partial charge in [0.25, 0.3) is 0 Å². The van der Waals surface area contributed by atoms with Gasteiger partial charge < -0.3 is 10.2 Å². The van der Waals surface area contributed by atoms with Gasteiger partial charge in [0.2, 0.25) is 0 Å². The molecule has 0 saturated carbocycles. The summed E-state index contributed by atoms with van der Waals surface area (Å²) in [6.07, 6.45) is 0.916. The van der Waals surface area contributed by atoms with E-state index in [0.717, 1.165) is 11.1 Å². The third kappa shape index (κ3) is 4.57.